The van der Waals surface area contributed by atoms with Gasteiger partial charge in [0, 0.05) is 23.1 Å². The van der Waals surface area contributed by atoms with E-state index in [0.29, 0.717) is 5.92 Å². The molecule has 1 unspecified atom stereocenters. The van der Waals surface area contributed by atoms with E-state index in [-0.39, 0.29) is 0 Å². The molecule has 0 amide bonds. The third-order valence-corrected chi connectivity index (χ3v) is 4.97. The smallest absolute Gasteiger partial charge is 0.122 e. The number of benzene rings is 2. The summed E-state index contributed by atoms with van der Waals surface area (Å²) in [5.41, 5.74) is 2.71. The van der Waals surface area contributed by atoms with Gasteiger partial charge >= 0.3 is 0 Å². The van der Waals surface area contributed by atoms with Crippen LogP contribution in [0.4, 0.5) is 0 Å². The highest BCUT2D eigenvalue weighted by atomic mass is 32.2. The number of thioether (sulfide) groups is 1. The Kier molecular flexibility index (Phi) is 4.84. The number of fused-ring (bicyclic) bond motifs is 1. The Morgan fingerprint density at radius 2 is 2.10 bits per heavy atom. The van der Waals surface area contributed by atoms with Crippen LogP contribution in [-0.2, 0) is 6.54 Å². The quantitative estimate of drug-likeness (QED) is 0.841. The number of rotatable bonds is 5. The lowest BCUT2D eigenvalue weighted by Crippen LogP contribution is -2.15. The molecule has 0 aromatic heterocycles. The summed E-state index contributed by atoms with van der Waals surface area (Å²) in [6.45, 7) is 1.76. The highest BCUT2D eigenvalue weighted by Gasteiger charge is 2.20. The number of nitrogens with one attached hydrogen (secondary N) is 1. The van der Waals surface area contributed by atoms with Crippen molar-refractivity contribution >= 4 is 11.8 Å². The summed E-state index contributed by atoms with van der Waals surface area (Å²) in [6, 6.07) is 17.3. The van der Waals surface area contributed by atoms with Crippen LogP contribution in [0.3, 0.4) is 0 Å². The summed E-state index contributed by atoms with van der Waals surface area (Å²) >= 11 is 1.95. The third kappa shape index (κ3) is 3.60. The van der Waals surface area contributed by atoms with Gasteiger partial charge in [0.25, 0.3) is 0 Å². The Labute approximate surface area is 130 Å². The zero-order chi connectivity index (χ0) is 14.5. The summed E-state index contributed by atoms with van der Waals surface area (Å²) in [4.78, 5) is 1.35. The Bertz CT molecular complexity index is 599. The Balaban J connectivity index is 1.67. The van der Waals surface area contributed by atoms with Crippen molar-refractivity contribution in [3.63, 3.8) is 0 Å². The van der Waals surface area contributed by atoms with E-state index in [2.05, 4.69) is 53.8 Å². The van der Waals surface area contributed by atoms with Crippen LogP contribution >= 0.6 is 11.8 Å². The van der Waals surface area contributed by atoms with Gasteiger partial charge in [-0.3, -0.25) is 0 Å². The van der Waals surface area contributed by atoms with Crippen molar-refractivity contribution in [2.75, 3.05) is 19.4 Å². The maximum Gasteiger partial charge on any atom is 0.122 e. The minimum atomic E-state index is 0.591. The molecule has 0 saturated carbocycles. The fraction of sp³-hybridized carbons (Fsp3) is 0.333. The lowest BCUT2D eigenvalue weighted by Gasteiger charge is -2.25. The number of hydrogen-bond donors (Lipinski definition) is 1. The van der Waals surface area contributed by atoms with E-state index in [1.165, 1.54) is 16.0 Å². The second kappa shape index (κ2) is 7.01. The molecule has 0 radical (unpaired) electrons. The van der Waals surface area contributed by atoms with Crippen LogP contribution in [0.1, 0.15) is 23.5 Å². The van der Waals surface area contributed by atoms with Gasteiger partial charge in [-0.2, -0.15) is 0 Å². The molecular formula is C18H21NOS. The van der Waals surface area contributed by atoms with Gasteiger partial charge in [-0.05, 0) is 42.8 Å². The third-order valence-electron chi connectivity index (χ3n) is 3.81. The lowest BCUT2D eigenvalue weighted by molar-refractivity contribution is 0.273. The first-order valence-corrected chi connectivity index (χ1v) is 8.43. The summed E-state index contributed by atoms with van der Waals surface area (Å²) in [5.74, 6) is 2.77. The first kappa shape index (κ1) is 14.5. The highest BCUT2D eigenvalue weighted by molar-refractivity contribution is 7.99. The van der Waals surface area contributed by atoms with Gasteiger partial charge in [-0.1, -0.05) is 30.3 Å². The van der Waals surface area contributed by atoms with Gasteiger partial charge in [0.2, 0.25) is 0 Å². The van der Waals surface area contributed by atoms with Gasteiger partial charge in [0.05, 0.1) is 6.61 Å². The molecule has 3 heteroatoms. The Morgan fingerprint density at radius 1 is 1.19 bits per heavy atom. The van der Waals surface area contributed by atoms with Crippen LogP contribution in [0, 0.1) is 0 Å². The van der Waals surface area contributed by atoms with E-state index < -0.39 is 0 Å². The minimum Gasteiger partial charge on any atom is -0.493 e. The second-order valence-electron chi connectivity index (χ2n) is 5.36. The van der Waals surface area contributed by atoms with Gasteiger partial charge in [-0.25, -0.2) is 0 Å². The minimum absolute atomic E-state index is 0.591. The van der Waals surface area contributed by atoms with E-state index >= 15 is 0 Å². The van der Waals surface area contributed by atoms with Crippen molar-refractivity contribution in [3.8, 4) is 5.75 Å². The SMILES string of the molecule is CNCc1cccc(SCC2CCOc3ccccc32)c1. The average molecular weight is 299 g/mol. The molecule has 2 nitrogen and oxygen atoms in total. The summed E-state index contributed by atoms with van der Waals surface area (Å²) in [5, 5.41) is 3.20. The predicted octanol–water partition coefficient (Wildman–Crippen LogP) is 4.06. The fourth-order valence-corrected chi connectivity index (χ4v) is 3.88. The van der Waals surface area contributed by atoms with Crippen LogP contribution in [0.15, 0.2) is 53.4 Å². The van der Waals surface area contributed by atoms with Gasteiger partial charge in [0.15, 0.2) is 0 Å². The average Bonchev–Trinajstić information content (AvgIpc) is 2.53. The van der Waals surface area contributed by atoms with E-state index in [1.54, 1.807) is 0 Å². The first-order valence-electron chi connectivity index (χ1n) is 7.45. The van der Waals surface area contributed by atoms with E-state index in [4.69, 9.17) is 4.74 Å². The highest BCUT2D eigenvalue weighted by Crippen LogP contribution is 2.37. The van der Waals surface area contributed by atoms with Gasteiger partial charge in [-0.15, -0.1) is 11.8 Å². The normalized spacial score (nSPS) is 17.1. The monoisotopic (exact) mass is 299 g/mol. The molecule has 0 saturated heterocycles. The molecule has 1 atom stereocenters. The molecular weight excluding hydrogens is 278 g/mol. The first-order chi connectivity index (χ1) is 10.4. The molecule has 110 valence electrons. The summed E-state index contributed by atoms with van der Waals surface area (Å²) in [7, 11) is 1.98. The second-order valence-corrected chi connectivity index (χ2v) is 6.45. The van der Waals surface area contributed by atoms with Crippen molar-refractivity contribution in [2.24, 2.45) is 0 Å². The molecule has 2 aromatic carbocycles. The number of ether oxygens (including phenoxy) is 1. The number of hydrogen-bond acceptors (Lipinski definition) is 3. The Morgan fingerprint density at radius 3 is 3.00 bits per heavy atom. The van der Waals surface area contributed by atoms with Crippen molar-refractivity contribution < 1.29 is 4.74 Å². The van der Waals surface area contributed by atoms with E-state index in [9.17, 15) is 0 Å². The van der Waals surface area contributed by atoms with Crippen molar-refractivity contribution in [1.29, 1.82) is 0 Å². The molecule has 0 bridgehead atoms. The Hall–Kier alpha value is -1.45. The largest absolute Gasteiger partial charge is 0.493 e. The molecule has 0 aliphatic carbocycles. The molecule has 2 aromatic rings. The van der Waals surface area contributed by atoms with Crippen LogP contribution in [0.25, 0.3) is 0 Å². The molecule has 3 rings (SSSR count). The van der Waals surface area contributed by atoms with Crippen LogP contribution < -0.4 is 10.1 Å². The van der Waals surface area contributed by atoms with E-state index in [1.807, 2.05) is 18.8 Å². The van der Waals surface area contributed by atoms with Crippen molar-refractivity contribution in [2.45, 2.75) is 23.8 Å². The van der Waals surface area contributed by atoms with Crippen LogP contribution in [-0.4, -0.2) is 19.4 Å². The lowest BCUT2D eigenvalue weighted by atomic mass is 9.95. The zero-order valence-electron chi connectivity index (χ0n) is 12.3. The standard InChI is InChI=1S/C18H21NOS/c1-19-12-14-5-4-6-16(11-14)21-13-15-9-10-20-18-8-3-2-7-17(15)18/h2-8,11,15,19H,9-10,12-13H2,1H3. The van der Waals surface area contributed by atoms with Crippen LogP contribution in [0.5, 0.6) is 5.75 Å². The zero-order valence-corrected chi connectivity index (χ0v) is 13.2. The molecule has 0 spiro atoms. The predicted molar refractivity (Wildman–Crippen MR) is 89.2 cm³/mol. The topological polar surface area (TPSA) is 21.3 Å². The maximum absolute atomic E-state index is 5.74. The molecule has 1 aliphatic heterocycles. The van der Waals surface area contributed by atoms with Crippen molar-refractivity contribution in [3.05, 3.63) is 59.7 Å². The van der Waals surface area contributed by atoms with Gasteiger partial charge < -0.3 is 10.1 Å². The van der Waals surface area contributed by atoms with Crippen LogP contribution in [0.2, 0.25) is 0 Å². The molecule has 1 aliphatic rings. The molecule has 1 N–H and O–H groups in total. The summed E-state index contributed by atoms with van der Waals surface area (Å²) < 4.78 is 5.74. The molecule has 21 heavy (non-hydrogen) atoms. The molecule has 1 heterocycles. The fourth-order valence-electron chi connectivity index (χ4n) is 2.74. The number of para-hydroxylation sites is 1. The maximum atomic E-state index is 5.74. The van der Waals surface area contributed by atoms with E-state index in [0.717, 1.165) is 31.1 Å². The summed E-state index contributed by atoms with van der Waals surface area (Å²) in [6.07, 6.45) is 1.11. The molecule has 0 fully saturated rings. The van der Waals surface area contributed by atoms with Gasteiger partial charge in [0.1, 0.15) is 5.75 Å². The van der Waals surface area contributed by atoms with Crippen molar-refractivity contribution in [1.82, 2.24) is 5.32 Å².